The molecule has 1 atom stereocenters. The molecule has 1 rings (SSSR count). The second-order valence-corrected chi connectivity index (χ2v) is 2.94. The molecule has 1 unspecified atom stereocenters. The zero-order valence-electron chi connectivity index (χ0n) is 7.45. The summed E-state index contributed by atoms with van der Waals surface area (Å²) in [7, 11) is 1.68. The average molecular weight is 172 g/mol. The van der Waals surface area contributed by atoms with E-state index in [9.17, 15) is 4.79 Å². The number of piperazine rings is 1. The molecule has 0 aromatic heterocycles. The number of nitrogens with zero attached hydrogens (tertiary/aromatic N) is 1. The van der Waals surface area contributed by atoms with E-state index in [-0.39, 0.29) is 6.04 Å². The number of methoxy groups -OCH3 is 1. The Hall–Kier alpha value is -0.450. The van der Waals surface area contributed by atoms with E-state index in [1.807, 2.05) is 0 Å². The third-order valence-electron chi connectivity index (χ3n) is 2.14. The first kappa shape index (κ1) is 9.64. The summed E-state index contributed by atoms with van der Waals surface area (Å²) in [4.78, 5) is 12.8. The molecule has 1 fully saturated rings. The average Bonchev–Trinajstić information content (AvgIpc) is 2.15. The van der Waals surface area contributed by atoms with Crippen molar-refractivity contribution in [3.63, 3.8) is 0 Å². The monoisotopic (exact) mass is 172 g/mol. The molecule has 0 radical (unpaired) electrons. The van der Waals surface area contributed by atoms with E-state index in [1.54, 1.807) is 7.11 Å². The molecule has 0 aromatic carbocycles. The van der Waals surface area contributed by atoms with Gasteiger partial charge in [0.05, 0.1) is 12.6 Å². The van der Waals surface area contributed by atoms with Gasteiger partial charge in [0.25, 0.3) is 0 Å². The van der Waals surface area contributed by atoms with E-state index in [2.05, 4.69) is 10.2 Å². The molecule has 12 heavy (non-hydrogen) atoms. The Kier molecular flexibility index (Phi) is 4.21. The van der Waals surface area contributed by atoms with Crippen molar-refractivity contribution in [1.82, 2.24) is 10.2 Å². The lowest BCUT2D eigenvalue weighted by Gasteiger charge is -2.32. The number of carbonyl (C=O) groups excluding carboxylic acids is 1. The number of hydrogen-bond donors (Lipinski definition) is 1. The maximum absolute atomic E-state index is 10.6. The lowest BCUT2D eigenvalue weighted by Crippen LogP contribution is -2.52. The normalized spacial score (nSPS) is 25.6. The van der Waals surface area contributed by atoms with Gasteiger partial charge < -0.3 is 14.8 Å². The van der Waals surface area contributed by atoms with E-state index in [0.717, 1.165) is 32.5 Å². The zero-order valence-corrected chi connectivity index (χ0v) is 7.45. The van der Waals surface area contributed by atoms with Gasteiger partial charge in [-0.3, -0.25) is 4.90 Å². The molecule has 0 bridgehead atoms. The molecule has 1 heterocycles. The first-order valence-corrected chi connectivity index (χ1v) is 4.27. The largest absolute Gasteiger partial charge is 0.383 e. The van der Waals surface area contributed by atoms with Crippen molar-refractivity contribution in [2.24, 2.45) is 0 Å². The summed E-state index contributed by atoms with van der Waals surface area (Å²) >= 11 is 0. The lowest BCUT2D eigenvalue weighted by atomic mass is 10.2. The molecule has 0 saturated carbocycles. The molecule has 1 aliphatic heterocycles. The van der Waals surface area contributed by atoms with E-state index in [0.29, 0.717) is 6.61 Å². The zero-order chi connectivity index (χ0) is 8.81. The molecule has 4 nitrogen and oxygen atoms in total. The van der Waals surface area contributed by atoms with E-state index < -0.39 is 0 Å². The van der Waals surface area contributed by atoms with Gasteiger partial charge in [0.15, 0.2) is 0 Å². The van der Waals surface area contributed by atoms with Crippen LogP contribution in [-0.2, 0) is 9.53 Å². The van der Waals surface area contributed by atoms with Gasteiger partial charge in [0.1, 0.15) is 6.29 Å². The summed E-state index contributed by atoms with van der Waals surface area (Å²) in [5, 5.41) is 3.18. The Bertz CT molecular complexity index is 141. The van der Waals surface area contributed by atoms with Crippen molar-refractivity contribution in [2.75, 3.05) is 39.9 Å². The summed E-state index contributed by atoms with van der Waals surface area (Å²) in [6.45, 7) is 4.22. The van der Waals surface area contributed by atoms with Crippen LogP contribution >= 0.6 is 0 Å². The number of carbonyl (C=O) groups is 1. The second kappa shape index (κ2) is 5.24. The third kappa shape index (κ3) is 2.55. The van der Waals surface area contributed by atoms with Crippen LogP contribution in [-0.4, -0.2) is 57.1 Å². The standard InChI is InChI=1S/C8H16N2O2/c1-12-5-4-10-3-2-9-6-8(10)7-11/h7-9H,2-6H2,1H3. The lowest BCUT2D eigenvalue weighted by molar-refractivity contribution is -0.113. The highest BCUT2D eigenvalue weighted by Gasteiger charge is 2.20. The summed E-state index contributed by atoms with van der Waals surface area (Å²) in [5.41, 5.74) is 0. The number of rotatable bonds is 4. The topological polar surface area (TPSA) is 41.6 Å². The smallest absolute Gasteiger partial charge is 0.138 e. The van der Waals surface area contributed by atoms with Crippen LogP contribution in [0.15, 0.2) is 0 Å². The molecule has 0 amide bonds. The Morgan fingerprint density at radius 2 is 2.58 bits per heavy atom. The van der Waals surface area contributed by atoms with Gasteiger partial charge >= 0.3 is 0 Å². The third-order valence-corrected chi connectivity index (χ3v) is 2.14. The molecule has 0 spiro atoms. The van der Waals surface area contributed by atoms with Crippen molar-refractivity contribution >= 4 is 6.29 Å². The molecule has 4 heteroatoms. The van der Waals surface area contributed by atoms with Crippen molar-refractivity contribution in [1.29, 1.82) is 0 Å². The van der Waals surface area contributed by atoms with E-state index in [4.69, 9.17) is 4.74 Å². The van der Waals surface area contributed by atoms with Crippen molar-refractivity contribution < 1.29 is 9.53 Å². The SMILES string of the molecule is COCCN1CCNCC1C=O. The number of nitrogens with one attached hydrogen (secondary N) is 1. The quantitative estimate of drug-likeness (QED) is 0.558. The molecule has 1 N–H and O–H groups in total. The van der Waals surface area contributed by atoms with Crippen LogP contribution in [0.5, 0.6) is 0 Å². The van der Waals surface area contributed by atoms with Crippen LogP contribution in [0.25, 0.3) is 0 Å². The van der Waals surface area contributed by atoms with Gasteiger partial charge in [-0.2, -0.15) is 0 Å². The summed E-state index contributed by atoms with van der Waals surface area (Å²) in [6, 6.07) is 0.0360. The number of aldehydes is 1. The molecule has 1 saturated heterocycles. The Morgan fingerprint density at radius 3 is 3.25 bits per heavy atom. The van der Waals surface area contributed by atoms with Gasteiger partial charge in [0, 0.05) is 33.3 Å². The van der Waals surface area contributed by atoms with Gasteiger partial charge in [-0.25, -0.2) is 0 Å². The van der Waals surface area contributed by atoms with Gasteiger partial charge in [-0.05, 0) is 0 Å². The van der Waals surface area contributed by atoms with E-state index in [1.165, 1.54) is 0 Å². The van der Waals surface area contributed by atoms with Crippen LogP contribution in [0.2, 0.25) is 0 Å². The van der Waals surface area contributed by atoms with Crippen LogP contribution in [0, 0.1) is 0 Å². The molecule has 1 aliphatic rings. The minimum Gasteiger partial charge on any atom is -0.383 e. The second-order valence-electron chi connectivity index (χ2n) is 2.94. The highest BCUT2D eigenvalue weighted by Crippen LogP contribution is 1.99. The fourth-order valence-corrected chi connectivity index (χ4v) is 1.39. The van der Waals surface area contributed by atoms with Crippen molar-refractivity contribution in [3.8, 4) is 0 Å². The predicted molar refractivity (Wildman–Crippen MR) is 46.2 cm³/mol. The number of ether oxygens (including phenoxy) is 1. The fourth-order valence-electron chi connectivity index (χ4n) is 1.39. The first-order valence-electron chi connectivity index (χ1n) is 4.27. The minimum atomic E-state index is 0.0360. The summed E-state index contributed by atoms with van der Waals surface area (Å²) in [5.74, 6) is 0. The molecule has 70 valence electrons. The predicted octanol–water partition coefficient (Wildman–Crippen LogP) is -0.894. The Morgan fingerprint density at radius 1 is 1.75 bits per heavy atom. The van der Waals surface area contributed by atoms with E-state index >= 15 is 0 Å². The fraction of sp³-hybridized carbons (Fsp3) is 0.875. The summed E-state index contributed by atoms with van der Waals surface area (Å²) in [6.07, 6.45) is 1.00. The molecule has 0 aromatic rings. The maximum atomic E-state index is 10.6. The van der Waals surface area contributed by atoms with Gasteiger partial charge in [0.2, 0.25) is 0 Å². The van der Waals surface area contributed by atoms with Gasteiger partial charge in [-0.15, -0.1) is 0 Å². The minimum absolute atomic E-state index is 0.0360. The van der Waals surface area contributed by atoms with Crippen LogP contribution in [0.1, 0.15) is 0 Å². The first-order chi connectivity index (χ1) is 5.88. The van der Waals surface area contributed by atoms with Crippen molar-refractivity contribution in [3.05, 3.63) is 0 Å². The highest BCUT2D eigenvalue weighted by atomic mass is 16.5. The van der Waals surface area contributed by atoms with Gasteiger partial charge in [-0.1, -0.05) is 0 Å². The highest BCUT2D eigenvalue weighted by molar-refractivity contribution is 5.58. The molecular weight excluding hydrogens is 156 g/mol. The van der Waals surface area contributed by atoms with Crippen LogP contribution < -0.4 is 5.32 Å². The van der Waals surface area contributed by atoms with Crippen LogP contribution in [0.3, 0.4) is 0 Å². The molecule has 0 aliphatic carbocycles. The Labute approximate surface area is 72.9 Å². The number of hydrogen-bond acceptors (Lipinski definition) is 4. The van der Waals surface area contributed by atoms with Crippen LogP contribution in [0.4, 0.5) is 0 Å². The Balaban J connectivity index is 2.31. The van der Waals surface area contributed by atoms with Crippen molar-refractivity contribution in [2.45, 2.75) is 6.04 Å². The maximum Gasteiger partial charge on any atom is 0.138 e. The molecular formula is C8H16N2O2. The summed E-state index contributed by atoms with van der Waals surface area (Å²) < 4.78 is 4.96.